The lowest BCUT2D eigenvalue weighted by Gasteiger charge is -2.11. The number of carbonyl (C=O) groups is 1. The molecular formula is C14H16Br2N2O. The molecule has 0 aromatic heterocycles. The summed E-state index contributed by atoms with van der Waals surface area (Å²) in [5, 5.41) is 3.90. The molecule has 0 saturated carbocycles. The molecule has 102 valence electrons. The highest BCUT2D eigenvalue weighted by atomic mass is 79.9. The third kappa shape index (κ3) is 5.75. The van der Waals surface area contributed by atoms with Crippen molar-refractivity contribution in [2.75, 3.05) is 11.9 Å². The summed E-state index contributed by atoms with van der Waals surface area (Å²) < 4.78 is 0. The Bertz CT molecular complexity index is 457. The Balaban J connectivity index is 2.45. The van der Waals surface area contributed by atoms with E-state index >= 15 is 0 Å². The lowest BCUT2D eigenvalue weighted by atomic mass is 10.1. The fourth-order valence-corrected chi connectivity index (χ4v) is 2.44. The predicted octanol–water partition coefficient (Wildman–Crippen LogP) is 4.35. The van der Waals surface area contributed by atoms with Crippen LogP contribution < -0.4 is 5.32 Å². The molecular weight excluding hydrogens is 372 g/mol. The molecule has 0 saturated heterocycles. The molecule has 0 bridgehead atoms. The molecule has 1 N–H and O–H groups in total. The van der Waals surface area contributed by atoms with Gasteiger partial charge in [0.05, 0.1) is 6.57 Å². The van der Waals surface area contributed by atoms with Gasteiger partial charge in [-0.3, -0.25) is 4.79 Å². The predicted molar refractivity (Wildman–Crippen MR) is 85.0 cm³/mol. The number of carbonyl (C=O) groups excluding carboxylic acids is 1. The van der Waals surface area contributed by atoms with E-state index in [0.29, 0.717) is 12.2 Å². The molecule has 3 nitrogen and oxygen atoms in total. The lowest BCUT2D eigenvalue weighted by Crippen LogP contribution is -2.27. The topological polar surface area (TPSA) is 33.5 Å². The van der Waals surface area contributed by atoms with Crippen LogP contribution in [0.4, 0.5) is 5.69 Å². The Morgan fingerprint density at radius 1 is 1.37 bits per heavy atom. The monoisotopic (exact) mass is 386 g/mol. The molecule has 1 aromatic carbocycles. The quantitative estimate of drug-likeness (QED) is 0.421. The minimum absolute atomic E-state index is 0.0547. The first-order valence-corrected chi connectivity index (χ1v) is 8.18. The Morgan fingerprint density at radius 3 is 2.84 bits per heavy atom. The molecule has 1 aromatic rings. The summed E-state index contributed by atoms with van der Waals surface area (Å²) in [4.78, 5) is 14.9. The molecule has 1 rings (SSSR count). The van der Waals surface area contributed by atoms with Crippen LogP contribution in [0.2, 0.25) is 0 Å². The van der Waals surface area contributed by atoms with Gasteiger partial charge in [0.15, 0.2) is 5.69 Å². The van der Waals surface area contributed by atoms with E-state index in [0.717, 1.165) is 30.2 Å². The molecule has 0 heterocycles. The second-order valence-corrected chi connectivity index (χ2v) is 5.82. The SMILES string of the molecule is [C-]#[N+]c1cccc(C(Br)C(=O)NCCCCCBr)c1. The van der Waals surface area contributed by atoms with Gasteiger partial charge in [0.1, 0.15) is 4.83 Å². The van der Waals surface area contributed by atoms with Crippen molar-refractivity contribution in [2.45, 2.75) is 24.1 Å². The molecule has 0 aliphatic rings. The third-order valence-corrected chi connectivity index (χ3v) is 4.14. The van der Waals surface area contributed by atoms with E-state index in [2.05, 4.69) is 42.0 Å². The first-order chi connectivity index (χ1) is 9.19. The number of hydrogen-bond donors (Lipinski definition) is 1. The Kier molecular flexibility index (Phi) is 7.76. The maximum atomic E-state index is 11.9. The van der Waals surface area contributed by atoms with Gasteiger partial charge in [0.2, 0.25) is 5.91 Å². The maximum absolute atomic E-state index is 11.9. The third-order valence-electron chi connectivity index (χ3n) is 2.63. The van der Waals surface area contributed by atoms with Crippen molar-refractivity contribution < 1.29 is 4.79 Å². The number of halogens is 2. The van der Waals surface area contributed by atoms with Crippen LogP contribution >= 0.6 is 31.9 Å². The molecule has 0 aliphatic carbocycles. The van der Waals surface area contributed by atoms with Crippen molar-refractivity contribution in [3.63, 3.8) is 0 Å². The summed E-state index contributed by atoms with van der Waals surface area (Å²) in [7, 11) is 0. The van der Waals surface area contributed by atoms with E-state index in [4.69, 9.17) is 6.57 Å². The number of alkyl halides is 2. The fourth-order valence-electron chi connectivity index (χ4n) is 1.60. The molecule has 1 amide bonds. The van der Waals surface area contributed by atoms with Crippen molar-refractivity contribution in [3.05, 3.63) is 41.2 Å². The van der Waals surface area contributed by atoms with E-state index < -0.39 is 4.83 Å². The van der Waals surface area contributed by atoms with Gasteiger partial charge in [0, 0.05) is 11.9 Å². The molecule has 0 fully saturated rings. The molecule has 0 aliphatic heterocycles. The van der Waals surface area contributed by atoms with Crippen LogP contribution in [-0.2, 0) is 4.79 Å². The van der Waals surface area contributed by atoms with Crippen molar-refractivity contribution in [1.29, 1.82) is 0 Å². The average molecular weight is 388 g/mol. The van der Waals surface area contributed by atoms with Crippen LogP contribution in [-0.4, -0.2) is 17.8 Å². The summed E-state index contributed by atoms with van der Waals surface area (Å²) in [5.41, 5.74) is 1.36. The second kappa shape index (κ2) is 9.11. The Labute approximate surface area is 130 Å². The summed E-state index contributed by atoms with van der Waals surface area (Å²) in [6, 6.07) is 7.10. The van der Waals surface area contributed by atoms with Crippen molar-refractivity contribution in [2.24, 2.45) is 0 Å². The molecule has 5 heteroatoms. The minimum atomic E-state index is -0.398. The largest absolute Gasteiger partial charge is 0.355 e. The zero-order valence-corrected chi connectivity index (χ0v) is 13.7. The highest BCUT2D eigenvalue weighted by Crippen LogP contribution is 2.26. The van der Waals surface area contributed by atoms with Crippen LogP contribution in [0.3, 0.4) is 0 Å². The molecule has 19 heavy (non-hydrogen) atoms. The standard InChI is InChI=1S/C14H16Br2N2O/c1-17-12-7-5-6-11(10-12)13(16)14(19)18-9-4-2-3-8-15/h5-7,10,13H,2-4,8-9H2,(H,18,19). The van der Waals surface area contributed by atoms with E-state index in [-0.39, 0.29) is 5.91 Å². The van der Waals surface area contributed by atoms with Crippen LogP contribution in [0.5, 0.6) is 0 Å². The first kappa shape index (κ1) is 16.2. The van der Waals surface area contributed by atoms with E-state index in [9.17, 15) is 4.79 Å². The van der Waals surface area contributed by atoms with E-state index in [1.54, 1.807) is 18.2 Å². The lowest BCUT2D eigenvalue weighted by molar-refractivity contribution is -0.120. The van der Waals surface area contributed by atoms with Gasteiger partial charge >= 0.3 is 0 Å². The van der Waals surface area contributed by atoms with E-state index in [1.807, 2.05) is 6.07 Å². The number of benzene rings is 1. The highest BCUT2D eigenvalue weighted by molar-refractivity contribution is 9.09. The van der Waals surface area contributed by atoms with Crippen molar-refractivity contribution >= 4 is 43.5 Å². The normalized spacial score (nSPS) is 11.6. The summed E-state index contributed by atoms with van der Waals surface area (Å²) in [6.07, 6.45) is 3.21. The van der Waals surface area contributed by atoms with Gasteiger partial charge in [-0.2, -0.15) is 0 Å². The summed E-state index contributed by atoms with van der Waals surface area (Å²) >= 11 is 6.75. The number of nitrogens with zero attached hydrogens (tertiary/aromatic N) is 1. The summed E-state index contributed by atoms with van der Waals surface area (Å²) in [6.45, 7) is 7.66. The summed E-state index contributed by atoms with van der Waals surface area (Å²) in [5.74, 6) is -0.0547. The first-order valence-electron chi connectivity index (χ1n) is 6.14. The number of nitrogens with one attached hydrogen (secondary N) is 1. The Hall–Kier alpha value is -0.860. The van der Waals surface area contributed by atoms with Crippen LogP contribution in [0.15, 0.2) is 24.3 Å². The number of hydrogen-bond acceptors (Lipinski definition) is 1. The van der Waals surface area contributed by atoms with Crippen molar-refractivity contribution in [3.8, 4) is 0 Å². The van der Waals surface area contributed by atoms with E-state index in [1.165, 1.54) is 0 Å². The smallest absolute Gasteiger partial charge is 0.238 e. The van der Waals surface area contributed by atoms with Gasteiger partial charge in [-0.05, 0) is 18.4 Å². The van der Waals surface area contributed by atoms with Gasteiger partial charge in [-0.15, -0.1) is 0 Å². The zero-order chi connectivity index (χ0) is 14.1. The molecule has 1 atom stereocenters. The highest BCUT2D eigenvalue weighted by Gasteiger charge is 2.16. The fraction of sp³-hybridized carbons (Fsp3) is 0.429. The van der Waals surface area contributed by atoms with Crippen molar-refractivity contribution in [1.82, 2.24) is 5.32 Å². The van der Waals surface area contributed by atoms with Crippen LogP contribution in [0, 0.1) is 6.57 Å². The van der Waals surface area contributed by atoms with Gasteiger partial charge in [0.25, 0.3) is 0 Å². The number of amides is 1. The van der Waals surface area contributed by atoms with Crippen LogP contribution in [0.25, 0.3) is 4.85 Å². The molecule has 0 spiro atoms. The number of rotatable bonds is 7. The minimum Gasteiger partial charge on any atom is -0.355 e. The number of unbranched alkanes of at least 4 members (excludes halogenated alkanes) is 2. The maximum Gasteiger partial charge on any atom is 0.238 e. The second-order valence-electron chi connectivity index (χ2n) is 4.11. The Morgan fingerprint density at radius 2 is 2.16 bits per heavy atom. The molecule has 0 radical (unpaired) electrons. The van der Waals surface area contributed by atoms with Gasteiger partial charge < -0.3 is 5.32 Å². The average Bonchev–Trinajstić information content (AvgIpc) is 2.46. The zero-order valence-electron chi connectivity index (χ0n) is 10.5. The van der Waals surface area contributed by atoms with Gasteiger partial charge in [-0.25, -0.2) is 4.85 Å². The molecule has 1 unspecified atom stereocenters. The van der Waals surface area contributed by atoms with Gasteiger partial charge in [-0.1, -0.05) is 62.5 Å². The van der Waals surface area contributed by atoms with Crippen LogP contribution in [0.1, 0.15) is 29.7 Å².